The van der Waals surface area contributed by atoms with Crippen molar-refractivity contribution < 1.29 is 18.3 Å². The molecule has 0 spiro atoms. The molecule has 1 aromatic heterocycles. The van der Waals surface area contributed by atoms with E-state index in [1.807, 2.05) is 0 Å². The van der Waals surface area contributed by atoms with Crippen LogP contribution in [0, 0.1) is 6.92 Å². The number of ether oxygens (including phenoxy) is 1. The van der Waals surface area contributed by atoms with Gasteiger partial charge in [-0.1, -0.05) is 5.16 Å². The second-order valence-electron chi connectivity index (χ2n) is 4.21. The average molecular weight is 294 g/mol. The maximum absolute atomic E-state index is 11.9. The summed E-state index contributed by atoms with van der Waals surface area (Å²) in [6, 6.07) is 6.41. The first-order valence-electron chi connectivity index (χ1n) is 5.92. The second kappa shape index (κ2) is 5.96. The largest absolute Gasteiger partial charge is 0.449 e. The van der Waals surface area contributed by atoms with Gasteiger partial charge < -0.3 is 9.26 Å². The van der Waals surface area contributed by atoms with Gasteiger partial charge in [-0.05, 0) is 38.1 Å². The van der Waals surface area contributed by atoms with Crippen LogP contribution in [0.3, 0.4) is 0 Å². The Labute approximate surface area is 118 Å². The number of hydrogen-bond acceptors (Lipinski definition) is 6. The van der Waals surface area contributed by atoms with Gasteiger partial charge in [0.15, 0.2) is 11.9 Å². The molecular weight excluding hydrogens is 280 g/mol. The van der Waals surface area contributed by atoms with E-state index in [-0.39, 0.29) is 5.89 Å². The Balaban J connectivity index is 2.06. The van der Waals surface area contributed by atoms with Crippen molar-refractivity contribution in [3.05, 3.63) is 41.5 Å². The molecule has 0 aliphatic carbocycles. The number of aryl methyl sites for hydroxylation is 1. The third kappa shape index (κ3) is 3.30. The molecule has 0 amide bonds. The Morgan fingerprint density at radius 3 is 2.50 bits per heavy atom. The maximum Gasteiger partial charge on any atom is 0.338 e. The molecule has 2 atom stereocenters. The summed E-state index contributed by atoms with van der Waals surface area (Å²) in [6.45, 7) is 3.34. The topological polar surface area (TPSA) is 82.3 Å². The van der Waals surface area contributed by atoms with Gasteiger partial charge in [0.1, 0.15) is 0 Å². The Morgan fingerprint density at radius 1 is 1.35 bits per heavy atom. The van der Waals surface area contributed by atoms with Crippen molar-refractivity contribution in [3.63, 3.8) is 0 Å². The predicted molar refractivity (Wildman–Crippen MR) is 71.6 cm³/mol. The molecule has 0 saturated carbocycles. The molecular formula is C13H14N2O4S. The summed E-state index contributed by atoms with van der Waals surface area (Å²) < 4.78 is 21.4. The fourth-order valence-corrected chi connectivity index (χ4v) is 2.06. The Hall–Kier alpha value is -2.02. The van der Waals surface area contributed by atoms with Gasteiger partial charge in [-0.25, -0.2) is 4.79 Å². The number of carbonyl (C=O) groups excluding carboxylic acids is 1. The fourth-order valence-electron chi connectivity index (χ4n) is 1.54. The summed E-state index contributed by atoms with van der Waals surface area (Å²) in [6.07, 6.45) is 0.955. The van der Waals surface area contributed by atoms with Crippen molar-refractivity contribution in [2.24, 2.45) is 0 Å². The van der Waals surface area contributed by atoms with Crippen molar-refractivity contribution >= 4 is 16.8 Å². The smallest absolute Gasteiger partial charge is 0.338 e. The first-order valence-corrected chi connectivity index (χ1v) is 7.48. The number of carbonyl (C=O) groups is 1. The number of rotatable bonds is 4. The molecule has 0 fully saturated rings. The molecule has 0 aliphatic heterocycles. The number of nitrogens with zero attached hydrogens (tertiary/aromatic N) is 2. The second-order valence-corrected chi connectivity index (χ2v) is 5.59. The molecule has 1 aromatic carbocycles. The first kappa shape index (κ1) is 14.4. The van der Waals surface area contributed by atoms with Crippen LogP contribution in [-0.2, 0) is 15.5 Å². The standard InChI is InChI=1S/C13H14N2O4S/c1-8(12-14-9(2)15-19-12)18-13(16)10-4-6-11(7-5-10)20(3)17/h4-8H,1-3H3/t8-,20+/m0/s1. The van der Waals surface area contributed by atoms with E-state index < -0.39 is 22.9 Å². The van der Waals surface area contributed by atoms with E-state index in [1.165, 1.54) is 0 Å². The van der Waals surface area contributed by atoms with Crippen LogP contribution in [0.1, 0.15) is 35.1 Å². The van der Waals surface area contributed by atoms with Gasteiger partial charge in [0.2, 0.25) is 0 Å². The van der Waals surface area contributed by atoms with Crippen molar-refractivity contribution in [1.82, 2.24) is 10.1 Å². The van der Waals surface area contributed by atoms with Crippen molar-refractivity contribution in [2.75, 3.05) is 6.26 Å². The molecule has 106 valence electrons. The highest BCUT2D eigenvalue weighted by atomic mass is 32.2. The minimum Gasteiger partial charge on any atom is -0.449 e. The van der Waals surface area contributed by atoms with Gasteiger partial charge in [-0.3, -0.25) is 4.21 Å². The number of hydrogen-bond donors (Lipinski definition) is 0. The van der Waals surface area contributed by atoms with E-state index in [9.17, 15) is 9.00 Å². The van der Waals surface area contributed by atoms with E-state index in [1.54, 1.807) is 44.4 Å². The molecule has 0 bridgehead atoms. The van der Waals surface area contributed by atoms with E-state index in [2.05, 4.69) is 10.1 Å². The quantitative estimate of drug-likeness (QED) is 0.802. The maximum atomic E-state index is 11.9. The monoisotopic (exact) mass is 294 g/mol. The van der Waals surface area contributed by atoms with Gasteiger partial charge in [-0.15, -0.1) is 0 Å². The van der Waals surface area contributed by atoms with E-state index in [0.29, 0.717) is 16.3 Å². The van der Waals surface area contributed by atoms with Gasteiger partial charge in [-0.2, -0.15) is 4.98 Å². The lowest BCUT2D eigenvalue weighted by atomic mass is 10.2. The molecule has 2 aromatic rings. The minimum absolute atomic E-state index is 0.252. The number of aromatic nitrogens is 2. The van der Waals surface area contributed by atoms with Gasteiger partial charge in [0.25, 0.3) is 5.89 Å². The van der Waals surface area contributed by atoms with Crippen LogP contribution in [0.5, 0.6) is 0 Å². The Kier molecular flexibility index (Phi) is 4.29. The SMILES string of the molecule is Cc1noc([C@H](C)OC(=O)c2ccc([S@@](C)=O)cc2)n1. The van der Waals surface area contributed by atoms with Crippen LogP contribution in [0.4, 0.5) is 0 Å². The van der Waals surface area contributed by atoms with Gasteiger partial charge in [0, 0.05) is 22.0 Å². The molecule has 0 radical (unpaired) electrons. The molecule has 20 heavy (non-hydrogen) atoms. The summed E-state index contributed by atoms with van der Waals surface area (Å²) >= 11 is 0. The molecule has 6 nitrogen and oxygen atoms in total. The first-order chi connectivity index (χ1) is 9.47. The molecule has 0 aliphatic rings. The van der Waals surface area contributed by atoms with Crippen LogP contribution in [0.2, 0.25) is 0 Å². The molecule has 7 heteroatoms. The summed E-state index contributed by atoms with van der Waals surface area (Å²) in [7, 11) is -1.07. The highest BCUT2D eigenvalue weighted by Crippen LogP contribution is 2.17. The van der Waals surface area contributed by atoms with Crippen LogP contribution >= 0.6 is 0 Å². The lowest BCUT2D eigenvalue weighted by Gasteiger charge is -2.09. The normalized spacial score (nSPS) is 13.8. The third-order valence-corrected chi connectivity index (χ3v) is 3.53. The average Bonchev–Trinajstić information content (AvgIpc) is 2.85. The highest BCUT2D eigenvalue weighted by molar-refractivity contribution is 7.84. The van der Waals surface area contributed by atoms with E-state index in [0.717, 1.165) is 0 Å². The zero-order chi connectivity index (χ0) is 14.7. The van der Waals surface area contributed by atoms with Gasteiger partial charge in [0.05, 0.1) is 5.56 Å². The lowest BCUT2D eigenvalue weighted by molar-refractivity contribution is 0.0265. The number of esters is 1. The van der Waals surface area contributed by atoms with Crippen LogP contribution in [0.15, 0.2) is 33.7 Å². The summed E-state index contributed by atoms with van der Waals surface area (Å²) in [5.74, 6) is 0.238. The molecule has 1 heterocycles. The molecule has 0 saturated heterocycles. The Morgan fingerprint density at radius 2 is 2.00 bits per heavy atom. The summed E-state index contributed by atoms with van der Waals surface area (Å²) in [5.41, 5.74) is 0.377. The predicted octanol–water partition coefficient (Wildman–Crippen LogP) is 2.03. The lowest BCUT2D eigenvalue weighted by Crippen LogP contribution is -2.09. The Bertz CT molecular complexity index is 636. The summed E-state index contributed by atoms with van der Waals surface area (Å²) in [5, 5.41) is 3.64. The highest BCUT2D eigenvalue weighted by Gasteiger charge is 2.18. The molecule has 2 rings (SSSR count). The van der Waals surface area contributed by atoms with Crippen LogP contribution in [-0.4, -0.2) is 26.6 Å². The third-order valence-electron chi connectivity index (χ3n) is 2.60. The zero-order valence-electron chi connectivity index (χ0n) is 11.3. The van der Waals surface area contributed by atoms with Gasteiger partial charge >= 0.3 is 5.97 Å². The van der Waals surface area contributed by atoms with Crippen molar-refractivity contribution in [2.45, 2.75) is 24.8 Å². The van der Waals surface area contributed by atoms with Crippen LogP contribution < -0.4 is 0 Å². The summed E-state index contributed by atoms with van der Waals surface area (Å²) in [4.78, 5) is 16.6. The van der Waals surface area contributed by atoms with E-state index in [4.69, 9.17) is 9.26 Å². The van der Waals surface area contributed by atoms with Crippen molar-refractivity contribution in [3.8, 4) is 0 Å². The van der Waals surface area contributed by atoms with Crippen LogP contribution in [0.25, 0.3) is 0 Å². The minimum atomic E-state index is -1.07. The zero-order valence-corrected chi connectivity index (χ0v) is 12.1. The molecule has 0 N–H and O–H groups in total. The van der Waals surface area contributed by atoms with E-state index >= 15 is 0 Å². The molecule has 0 unspecified atom stereocenters. The number of benzene rings is 1. The fraction of sp³-hybridized carbons (Fsp3) is 0.308. The van der Waals surface area contributed by atoms with Crippen molar-refractivity contribution in [1.29, 1.82) is 0 Å².